The fraction of sp³-hybridized carbons (Fsp3) is 0.333. The van der Waals surface area contributed by atoms with Crippen LogP contribution in [0.15, 0.2) is 59.3 Å². The van der Waals surface area contributed by atoms with Crippen LogP contribution in [0.3, 0.4) is 0 Å². The van der Waals surface area contributed by atoms with E-state index in [1.807, 2.05) is 18.2 Å². The number of ether oxygens (including phenoxy) is 2. The molecular formula is C21H22FN4O3+. The van der Waals surface area contributed by atoms with Gasteiger partial charge in [-0.3, -0.25) is 0 Å². The zero-order valence-corrected chi connectivity index (χ0v) is 15.7. The van der Waals surface area contributed by atoms with Crippen molar-refractivity contribution in [3.8, 4) is 11.3 Å². The smallest absolute Gasteiger partial charge is 0.223 e. The third kappa shape index (κ3) is 3.87. The van der Waals surface area contributed by atoms with Gasteiger partial charge in [-0.25, -0.2) is 14.4 Å². The van der Waals surface area contributed by atoms with Gasteiger partial charge in [0, 0.05) is 11.8 Å². The number of nitrogens with zero attached hydrogens (tertiary/aromatic N) is 2. The van der Waals surface area contributed by atoms with Crippen LogP contribution >= 0.6 is 0 Å². The summed E-state index contributed by atoms with van der Waals surface area (Å²) in [6, 6.07) is 12.2. The van der Waals surface area contributed by atoms with E-state index in [1.54, 1.807) is 24.6 Å². The minimum Gasteiger partial charge on any atom is -0.463 e. The van der Waals surface area contributed by atoms with E-state index >= 15 is 0 Å². The number of benzene rings is 1. The normalized spacial score (nSPS) is 25.8. The molecule has 0 unspecified atom stereocenters. The van der Waals surface area contributed by atoms with Gasteiger partial charge in [0.25, 0.3) is 0 Å². The predicted octanol–water partition coefficient (Wildman–Crippen LogP) is 1.59. The lowest BCUT2D eigenvalue weighted by atomic mass is 10.1. The van der Waals surface area contributed by atoms with Crippen LogP contribution in [0.4, 0.5) is 10.3 Å². The highest BCUT2D eigenvalue weighted by atomic mass is 19.1. The van der Waals surface area contributed by atoms with Crippen LogP contribution in [-0.4, -0.2) is 47.5 Å². The Hall–Kier alpha value is -2.81. The number of nitrogens with one attached hydrogen (secondary N) is 1. The van der Waals surface area contributed by atoms with Gasteiger partial charge in [0.1, 0.15) is 37.2 Å². The van der Waals surface area contributed by atoms with E-state index < -0.39 is 0 Å². The van der Waals surface area contributed by atoms with E-state index in [-0.39, 0.29) is 30.1 Å². The average Bonchev–Trinajstić information content (AvgIpc) is 3.46. The molecule has 5 rings (SSSR count). The number of fused-ring (bicyclic) bond motifs is 1. The van der Waals surface area contributed by atoms with Gasteiger partial charge < -0.3 is 24.5 Å². The molecule has 0 aliphatic carbocycles. The Kier molecular flexibility index (Phi) is 4.97. The largest absolute Gasteiger partial charge is 0.463 e. The van der Waals surface area contributed by atoms with E-state index in [4.69, 9.17) is 13.9 Å². The summed E-state index contributed by atoms with van der Waals surface area (Å²) in [5, 5.41) is 5.53. The summed E-state index contributed by atoms with van der Waals surface area (Å²) in [7, 11) is 0. The van der Waals surface area contributed by atoms with Crippen LogP contribution in [0.5, 0.6) is 0 Å². The third-order valence-electron chi connectivity index (χ3n) is 5.38. The minimum absolute atomic E-state index is 0.00821. The molecular weight excluding hydrogens is 375 g/mol. The van der Waals surface area contributed by atoms with Crippen LogP contribution in [0.25, 0.3) is 11.3 Å². The second-order valence-corrected chi connectivity index (χ2v) is 7.31. The van der Waals surface area contributed by atoms with Crippen LogP contribution in [0, 0.1) is 5.82 Å². The molecule has 0 radical (unpaired) electrons. The number of hydrogen-bond acceptors (Lipinski definition) is 6. The number of rotatable bonds is 6. The van der Waals surface area contributed by atoms with Crippen LogP contribution in [-0.2, 0) is 16.0 Å². The molecule has 0 bridgehead atoms. The first kappa shape index (κ1) is 18.2. The van der Waals surface area contributed by atoms with E-state index in [1.165, 1.54) is 12.1 Å². The van der Waals surface area contributed by atoms with E-state index in [0.29, 0.717) is 30.4 Å². The molecule has 3 aromatic rings. The van der Waals surface area contributed by atoms with Crippen molar-refractivity contribution >= 4 is 5.95 Å². The predicted molar refractivity (Wildman–Crippen MR) is 102 cm³/mol. The zero-order valence-electron chi connectivity index (χ0n) is 15.7. The number of hydrogen-bond donors (Lipinski definition) is 2. The lowest BCUT2D eigenvalue weighted by Crippen LogP contribution is -2.91. The maximum absolute atomic E-state index is 13.5. The quantitative estimate of drug-likeness (QED) is 0.657. The van der Waals surface area contributed by atoms with Crippen LogP contribution in [0.1, 0.15) is 5.76 Å². The standard InChI is InChI=1S/C21H21FN4O3/c22-14-4-1-3-13(9-14)16-6-7-23-21(25-16)26-18-12-29-19-17(11-28-20(18)19)24-10-15-5-2-8-27-15/h1-9,17-20,24H,10-12H2,(H,23,25,26)/p+1/t17-,18-,19+,20+/m0/s1. The molecule has 0 spiro atoms. The van der Waals surface area contributed by atoms with Crippen molar-refractivity contribution in [3.63, 3.8) is 0 Å². The van der Waals surface area contributed by atoms with Crippen molar-refractivity contribution in [2.24, 2.45) is 0 Å². The van der Waals surface area contributed by atoms with E-state index in [9.17, 15) is 4.39 Å². The molecule has 0 amide bonds. The molecule has 2 saturated heterocycles. The Bertz CT molecular complexity index is 968. The van der Waals surface area contributed by atoms with Gasteiger partial charge in [0.05, 0.1) is 24.6 Å². The molecule has 3 N–H and O–H groups in total. The van der Waals surface area contributed by atoms with Gasteiger partial charge in [-0.2, -0.15) is 0 Å². The van der Waals surface area contributed by atoms with Gasteiger partial charge >= 0.3 is 0 Å². The first-order valence-electron chi connectivity index (χ1n) is 9.71. The lowest BCUT2D eigenvalue weighted by molar-refractivity contribution is -0.709. The maximum atomic E-state index is 13.5. The fourth-order valence-corrected chi connectivity index (χ4v) is 3.95. The topological polar surface area (TPSA) is 86.0 Å². The number of anilines is 1. The minimum atomic E-state index is -0.293. The number of aromatic nitrogens is 2. The molecule has 2 aromatic heterocycles. The Balaban J connectivity index is 1.24. The van der Waals surface area contributed by atoms with Gasteiger partial charge in [-0.1, -0.05) is 12.1 Å². The van der Waals surface area contributed by atoms with Gasteiger partial charge in [0.15, 0.2) is 5.76 Å². The molecule has 0 saturated carbocycles. The molecule has 2 aliphatic rings. The van der Waals surface area contributed by atoms with Gasteiger partial charge in [-0.05, 0) is 30.3 Å². The van der Waals surface area contributed by atoms with E-state index in [2.05, 4.69) is 20.6 Å². The Morgan fingerprint density at radius 2 is 2.03 bits per heavy atom. The second kappa shape index (κ2) is 7.90. The highest BCUT2D eigenvalue weighted by molar-refractivity contribution is 5.59. The maximum Gasteiger partial charge on any atom is 0.223 e. The number of furan rings is 1. The summed E-state index contributed by atoms with van der Waals surface area (Å²) in [6.45, 7) is 1.90. The van der Waals surface area contributed by atoms with Crippen molar-refractivity contribution < 1.29 is 23.6 Å². The first-order valence-corrected chi connectivity index (χ1v) is 9.71. The molecule has 29 heavy (non-hydrogen) atoms. The molecule has 150 valence electrons. The number of quaternary nitrogens is 1. The lowest BCUT2D eigenvalue weighted by Gasteiger charge is -2.17. The van der Waals surface area contributed by atoms with Crippen molar-refractivity contribution in [1.29, 1.82) is 0 Å². The summed E-state index contributed by atoms with van der Waals surface area (Å²) < 4.78 is 31.0. The number of halogens is 1. The molecule has 8 heteroatoms. The summed E-state index contributed by atoms with van der Waals surface area (Å²) in [4.78, 5) is 8.84. The summed E-state index contributed by atoms with van der Waals surface area (Å²) in [5.41, 5.74) is 1.37. The van der Waals surface area contributed by atoms with Crippen molar-refractivity contribution in [3.05, 3.63) is 66.5 Å². The molecule has 4 heterocycles. The average molecular weight is 397 g/mol. The summed E-state index contributed by atoms with van der Waals surface area (Å²) >= 11 is 0. The molecule has 4 atom stereocenters. The Morgan fingerprint density at radius 3 is 2.90 bits per heavy atom. The fourth-order valence-electron chi connectivity index (χ4n) is 3.95. The van der Waals surface area contributed by atoms with Crippen molar-refractivity contribution in [2.75, 3.05) is 18.5 Å². The number of nitrogens with two attached hydrogens (primary N) is 1. The van der Waals surface area contributed by atoms with Crippen LogP contribution < -0.4 is 10.6 Å². The monoisotopic (exact) mass is 397 g/mol. The molecule has 2 aliphatic heterocycles. The second-order valence-electron chi connectivity index (χ2n) is 7.31. The summed E-state index contributed by atoms with van der Waals surface area (Å²) in [6.07, 6.45) is 3.29. The molecule has 2 fully saturated rings. The zero-order chi connectivity index (χ0) is 19.6. The van der Waals surface area contributed by atoms with Crippen LogP contribution in [0.2, 0.25) is 0 Å². The van der Waals surface area contributed by atoms with Crippen molar-refractivity contribution in [2.45, 2.75) is 30.8 Å². The molecule has 7 nitrogen and oxygen atoms in total. The summed E-state index contributed by atoms with van der Waals surface area (Å²) in [5.74, 6) is 1.12. The first-order chi connectivity index (χ1) is 14.3. The van der Waals surface area contributed by atoms with Crippen molar-refractivity contribution in [1.82, 2.24) is 9.97 Å². The third-order valence-corrected chi connectivity index (χ3v) is 5.38. The highest BCUT2D eigenvalue weighted by Crippen LogP contribution is 2.28. The van der Waals surface area contributed by atoms with E-state index in [0.717, 1.165) is 12.3 Å². The SMILES string of the molecule is Fc1cccc(-c2ccnc(N[C@H]3CO[C@H]4[C@@H]3OC[C@@H]4[NH2+]Cc3ccco3)n2)c1. The molecule has 1 aromatic carbocycles. The van der Waals surface area contributed by atoms with Gasteiger partial charge in [0.2, 0.25) is 5.95 Å². The Labute approximate surface area is 167 Å². The van der Waals surface area contributed by atoms with Gasteiger partial charge in [-0.15, -0.1) is 0 Å². The Morgan fingerprint density at radius 1 is 1.10 bits per heavy atom. The highest BCUT2D eigenvalue weighted by Gasteiger charge is 2.50.